The zero-order valence-corrected chi connectivity index (χ0v) is 17.8. The number of ether oxygens (including phenoxy) is 1. The highest BCUT2D eigenvalue weighted by Crippen LogP contribution is 2.39. The Morgan fingerprint density at radius 2 is 1.97 bits per heavy atom. The van der Waals surface area contributed by atoms with E-state index in [0.29, 0.717) is 6.04 Å². The minimum Gasteiger partial charge on any atom is -0.444 e. The lowest BCUT2D eigenvalue weighted by molar-refractivity contribution is 0.0190. The van der Waals surface area contributed by atoms with Gasteiger partial charge >= 0.3 is 6.09 Å². The first-order valence-corrected chi connectivity index (χ1v) is 10.7. The number of hydrogen-bond acceptors (Lipinski definition) is 2. The monoisotopic (exact) mass is 393 g/mol. The molecule has 1 aromatic carbocycles. The van der Waals surface area contributed by atoms with Crippen LogP contribution < -0.4 is 0 Å². The molecule has 0 spiro atoms. The summed E-state index contributed by atoms with van der Waals surface area (Å²) in [6.07, 6.45) is 7.96. The van der Waals surface area contributed by atoms with Gasteiger partial charge in [0.15, 0.2) is 0 Å². The van der Waals surface area contributed by atoms with Crippen LogP contribution in [0.15, 0.2) is 30.5 Å². The maximum Gasteiger partial charge on any atom is 0.410 e. The van der Waals surface area contributed by atoms with E-state index in [1.165, 1.54) is 22.9 Å². The van der Waals surface area contributed by atoms with Crippen molar-refractivity contribution in [1.82, 2.24) is 9.47 Å². The van der Waals surface area contributed by atoms with Crippen LogP contribution in [-0.2, 0) is 11.2 Å². The van der Waals surface area contributed by atoms with Crippen molar-refractivity contribution in [3.63, 3.8) is 0 Å². The SMILES string of the molecule is [C-]#[N+]C1(Cc2ccc3c(ccn3C3CCN(C(=O)OC(C)(C)C)CC3)c2)CCC1. The molecule has 1 aliphatic carbocycles. The largest absolute Gasteiger partial charge is 0.444 e. The summed E-state index contributed by atoms with van der Waals surface area (Å²) >= 11 is 0. The molecule has 2 aromatic rings. The average Bonchev–Trinajstić information content (AvgIpc) is 3.06. The van der Waals surface area contributed by atoms with Gasteiger partial charge in [-0.15, -0.1) is 0 Å². The molecular formula is C24H31N3O2. The molecule has 0 N–H and O–H groups in total. The van der Waals surface area contributed by atoms with Gasteiger partial charge < -0.3 is 19.0 Å². The number of carbonyl (C=O) groups excluding carboxylic acids is 1. The number of aromatic nitrogens is 1. The average molecular weight is 394 g/mol. The van der Waals surface area contributed by atoms with Gasteiger partial charge in [-0.25, -0.2) is 11.4 Å². The minimum absolute atomic E-state index is 0.148. The van der Waals surface area contributed by atoms with Gasteiger partial charge in [-0.05, 0) is 69.2 Å². The molecule has 0 bridgehead atoms. The predicted molar refractivity (Wildman–Crippen MR) is 115 cm³/mol. The number of piperidine rings is 1. The van der Waals surface area contributed by atoms with E-state index in [0.717, 1.165) is 45.2 Å². The molecule has 0 atom stereocenters. The highest BCUT2D eigenvalue weighted by molar-refractivity contribution is 5.81. The van der Waals surface area contributed by atoms with Crippen LogP contribution >= 0.6 is 0 Å². The normalized spacial score (nSPS) is 19.6. The molecule has 2 fully saturated rings. The zero-order chi connectivity index (χ0) is 20.6. The van der Waals surface area contributed by atoms with Crippen molar-refractivity contribution in [2.24, 2.45) is 0 Å². The molecule has 1 saturated heterocycles. The Labute approximate surface area is 173 Å². The van der Waals surface area contributed by atoms with Crippen molar-refractivity contribution in [3.8, 4) is 0 Å². The first-order valence-electron chi connectivity index (χ1n) is 10.7. The second-order valence-electron chi connectivity index (χ2n) is 9.68. The van der Waals surface area contributed by atoms with Crippen LogP contribution in [0.3, 0.4) is 0 Å². The first-order chi connectivity index (χ1) is 13.8. The van der Waals surface area contributed by atoms with Gasteiger partial charge in [-0.2, -0.15) is 0 Å². The molecule has 4 rings (SSSR count). The fraction of sp³-hybridized carbons (Fsp3) is 0.583. The maximum atomic E-state index is 12.3. The summed E-state index contributed by atoms with van der Waals surface area (Å²) in [6.45, 7) is 14.7. The fourth-order valence-corrected chi connectivity index (χ4v) is 4.59. The second-order valence-corrected chi connectivity index (χ2v) is 9.68. The van der Waals surface area contributed by atoms with Gasteiger partial charge in [-0.3, -0.25) is 0 Å². The van der Waals surface area contributed by atoms with Crippen LogP contribution in [0.25, 0.3) is 15.7 Å². The first kappa shape index (κ1) is 19.8. The summed E-state index contributed by atoms with van der Waals surface area (Å²) in [4.78, 5) is 18.1. The van der Waals surface area contributed by atoms with Crippen molar-refractivity contribution in [2.75, 3.05) is 13.1 Å². The Balaban J connectivity index is 1.43. The van der Waals surface area contributed by atoms with Gasteiger partial charge in [0.25, 0.3) is 0 Å². The van der Waals surface area contributed by atoms with Crippen molar-refractivity contribution in [1.29, 1.82) is 0 Å². The molecule has 0 unspecified atom stereocenters. The lowest BCUT2D eigenvalue weighted by atomic mass is 9.73. The van der Waals surface area contributed by atoms with Crippen LogP contribution in [0.2, 0.25) is 0 Å². The van der Waals surface area contributed by atoms with E-state index >= 15 is 0 Å². The van der Waals surface area contributed by atoms with E-state index in [9.17, 15) is 4.79 Å². The van der Waals surface area contributed by atoms with E-state index < -0.39 is 5.60 Å². The van der Waals surface area contributed by atoms with Gasteiger partial charge in [-0.1, -0.05) is 6.07 Å². The lowest BCUT2D eigenvalue weighted by Gasteiger charge is -2.34. The molecule has 1 saturated carbocycles. The minimum atomic E-state index is -0.451. The molecule has 2 aliphatic rings. The lowest BCUT2D eigenvalue weighted by Crippen LogP contribution is -2.42. The maximum absolute atomic E-state index is 12.3. The van der Waals surface area contributed by atoms with Gasteiger partial charge in [0.05, 0.1) is 6.42 Å². The number of carbonyl (C=O) groups is 1. The summed E-state index contributed by atoms with van der Waals surface area (Å²) in [5.74, 6) is 0. The predicted octanol–water partition coefficient (Wildman–Crippen LogP) is 5.60. The Bertz CT molecular complexity index is 935. The standard InChI is InChI=1S/C24H31N3O2/c1-23(2,3)29-22(28)26-13-9-20(10-14-26)27-15-8-19-16-18(6-7-21(19)27)17-24(25-4)11-5-12-24/h6-8,15-16,20H,5,9-14,17H2,1-3H3. The van der Waals surface area contributed by atoms with Crippen molar-refractivity contribution in [3.05, 3.63) is 47.4 Å². The Morgan fingerprint density at radius 3 is 2.55 bits per heavy atom. The van der Waals surface area contributed by atoms with Crippen LogP contribution in [0.4, 0.5) is 4.79 Å². The van der Waals surface area contributed by atoms with Crippen LogP contribution in [0.5, 0.6) is 0 Å². The third kappa shape index (κ3) is 4.12. The number of amides is 1. The van der Waals surface area contributed by atoms with Gasteiger partial charge in [0.2, 0.25) is 5.54 Å². The van der Waals surface area contributed by atoms with Crippen molar-refractivity contribution in [2.45, 2.75) is 76.5 Å². The molecule has 2 heterocycles. The highest BCUT2D eigenvalue weighted by atomic mass is 16.6. The van der Waals surface area contributed by atoms with E-state index in [1.807, 2.05) is 25.7 Å². The Hall–Kier alpha value is -2.48. The summed E-state index contributed by atoms with van der Waals surface area (Å²) in [6, 6.07) is 9.25. The second kappa shape index (κ2) is 7.40. The third-order valence-electron chi connectivity index (χ3n) is 6.35. The number of hydrogen-bond donors (Lipinski definition) is 0. The summed E-state index contributed by atoms with van der Waals surface area (Å²) < 4.78 is 7.87. The van der Waals surface area contributed by atoms with E-state index in [2.05, 4.69) is 39.9 Å². The number of likely N-dealkylation sites (tertiary alicyclic amines) is 1. The van der Waals surface area contributed by atoms with Gasteiger partial charge in [0, 0.05) is 43.7 Å². The summed E-state index contributed by atoms with van der Waals surface area (Å²) in [5, 5.41) is 1.25. The van der Waals surface area contributed by atoms with Crippen molar-refractivity contribution >= 4 is 17.0 Å². The molecule has 1 aromatic heterocycles. The summed E-state index contributed by atoms with van der Waals surface area (Å²) in [5.41, 5.74) is 1.92. The number of rotatable bonds is 3. The molecule has 29 heavy (non-hydrogen) atoms. The van der Waals surface area contributed by atoms with E-state index in [4.69, 9.17) is 11.3 Å². The number of fused-ring (bicyclic) bond motifs is 1. The molecule has 154 valence electrons. The molecule has 0 radical (unpaired) electrons. The Kier molecular flexibility index (Phi) is 5.06. The van der Waals surface area contributed by atoms with E-state index in [1.54, 1.807) is 0 Å². The molecule has 5 nitrogen and oxygen atoms in total. The molecule has 1 aliphatic heterocycles. The van der Waals surface area contributed by atoms with Gasteiger partial charge in [0.1, 0.15) is 5.60 Å². The van der Waals surface area contributed by atoms with Crippen LogP contribution in [0, 0.1) is 6.57 Å². The quantitative estimate of drug-likeness (QED) is 0.637. The molecular weight excluding hydrogens is 362 g/mol. The summed E-state index contributed by atoms with van der Waals surface area (Å²) in [7, 11) is 0. The van der Waals surface area contributed by atoms with E-state index in [-0.39, 0.29) is 11.6 Å². The zero-order valence-electron chi connectivity index (χ0n) is 17.8. The van der Waals surface area contributed by atoms with Crippen LogP contribution in [-0.4, -0.2) is 39.8 Å². The fourth-order valence-electron chi connectivity index (χ4n) is 4.59. The number of nitrogens with zero attached hydrogens (tertiary/aromatic N) is 3. The topological polar surface area (TPSA) is 38.8 Å². The van der Waals surface area contributed by atoms with Crippen LogP contribution in [0.1, 0.15) is 64.5 Å². The molecule has 1 amide bonds. The Morgan fingerprint density at radius 1 is 1.24 bits per heavy atom. The van der Waals surface area contributed by atoms with Crippen molar-refractivity contribution < 1.29 is 9.53 Å². The smallest absolute Gasteiger partial charge is 0.410 e. The highest BCUT2D eigenvalue weighted by Gasteiger charge is 2.43. The third-order valence-corrected chi connectivity index (χ3v) is 6.35. The number of benzene rings is 1. The molecule has 5 heteroatoms.